The van der Waals surface area contributed by atoms with Crippen LogP contribution in [-0.4, -0.2) is 28.0 Å². The van der Waals surface area contributed by atoms with Gasteiger partial charge in [0.2, 0.25) is 11.6 Å². The van der Waals surface area contributed by atoms with Crippen molar-refractivity contribution in [3.8, 4) is 11.5 Å². The number of imidazole rings is 1. The molecule has 3 aromatic carbocycles. The molecule has 7 heteroatoms. The van der Waals surface area contributed by atoms with Gasteiger partial charge in [0.25, 0.3) is 0 Å². The number of ether oxygens (including phenoxy) is 1. The van der Waals surface area contributed by atoms with Crippen LogP contribution < -0.4 is 15.0 Å². The number of hydrogen-bond acceptors (Lipinski definition) is 4. The fourth-order valence-electron chi connectivity index (χ4n) is 4.66. The molecular formula is C26H21N5O2. The normalized spacial score (nSPS) is 17.6. The summed E-state index contributed by atoms with van der Waals surface area (Å²) in [6.07, 6.45) is 4.36. The molecule has 2 aliphatic heterocycles. The standard InChI is InChI=1S/C26H21N5O2/c1-27-22-8-5-17-11-25(22)33-20-7-6-18-3-2-4-24(21(18)12-20)31-10-9-23(26(31)32)29-14-19-13-28-16-30(19)15-17/h2-8,11-13,16,23,29H,9-10,14-15H2/t23-/m1/s1. The number of carbonyl (C=O) groups is 1. The van der Waals surface area contributed by atoms with Gasteiger partial charge in [-0.3, -0.25) is 4.79 Å². The monoisotopic (exact) mass is 435 g/mol. The van der Waals surface area contributed by atoms with E-state index in [1.54, 1.807) is 12.4 Å². The molecule has 1 saturated heterocycles. The number of rotatable bonds is 0. The highest BCUT2D eigenvalue weighted by atomic mass is 16.5. The highest BCUT2D eigenvalue weighted by Gasteiger charge is 2.33. The topological polar surface area (TPSA) is 63.8 Å². The summed E-state index contributed by atoms with van der Waals surface area (Å²) in [4.78, 5) is 23.1. The number of benzene rings is 3. The molecule has 6 rings (SSSR count). The molecule has 1 aromatic heterocycles. The summed E-state index contributed by atoms with van der Waals surface area (Å²) in [5.74, 6) is 1.23. The molecule has 6 bridgehead atoms. The lowest BCUT2D eigenvalue weighted by atomic mass is 10.1. The highest BCUT2D eigenvalue weighted by molar-refractivity contribution is 6.07. The van der Waals surface area contributed by atoms with Crippen LogP contribution in [0.3, 0.4) is 0 Å². The number of carbonyl (C=O) groups excluding carboxylic acids is 1. The van der Waals surface area contributed by atoms with Crippen molar-refractivity contribution in [3.63, 3.8) is 0 Å². The highest BCUT2D eigenvalue weighted by Crippen LogP contribution is 2.37. The third-order valence-corrected chi connectivity index (χ3v) is 6.38. The van der Waals surface area contributed by atoms with E-state index in [1.807, 2.05) is 64.2 Å². The largest absolute Gasteiger partial charge is 0.468 e. The molecule has 0 radical (unpaired) electrons. The van der Waals surface area contributed by atoms with Crippen LogP contribution >= 0.6 is 0 Å². The van der Waals surface area contributed by atoms with Gasteiger partial charge in [-0.15, -0.1) is 0 Å². The Morgan fingerprint density at radius 1 is 1.15 bits per heavy atom. The second kappa shape index (κ2) is 7.76. The molecule has 7 nitrogen and oxygen atoms in total. The van der Waals surface area contributed by atoms with Gasteiger partial charge in [-0.05, 0) is 41.6 Å². The van der Waals surface area contributed by atoms with Crippen LogP contribution in [0.25, 0.3) is 15.6 Å². The zero-order valence-corrected chi connectivity index (χ0v) is 17.9. The third-order valence-electron chi connectivity index (χ3n) is 6.38. The van der Waals surface area contributed by atoms with Gasteiger partial charge >= 0.3 is 0 Å². The lowest BCUT2D eigenvalue weighted by molar-refractivity contribution is -0.118. The second-order valence-corrected chi connectivity index (χ2v) is 8.40. The first-order valence-corrected chi connectivity index (χ1v) is 10.9. The Kier molecular flexibility index (Phi) is 4.60. The molecule has 1 fully saturated rings. The van der Waals surface area contributed by atoms with Gasteiger partial charge in [0.15, 0.2) is 0 Å². The summed E-state index contributed by atoms with van der Waals surface area (Å²) in [5.41, 5.74) is 3.34. The van der Waals surface area contributed by atoms with Crippen LogP contribution in [0.2, 0.25) is 0 Å². The molecule has 33 heavy (non-hydrogen) atoms. The Morgan fingerprint density at radius 2 is 2.09 bits per heavy atom. The van der Waals surface area contributed by atoms with Crippen molar-refractivity contribution in [1.82, 2.24) is 14.9 Å². The zero-order valence-electron chi connectivity index (χ0n) is 17.9. The van der Waals surface area contributed by atoms with Crippen molar-refractivity contribution >= 4 is 28.1 Å². The maximum Gasteiger partial charge on any atom is 0.244 e. The minimum Gasteiger partial charge on any atom is -0.468 e. The van der Waals surface area contributed by atoms with E-state index in [9.17, 15) is 4.79 Å². The SMILES string of the molecule is [C-]#[N+]c1ccc2cc1Oc1ccc3cccc(c3c1)N1CC[C@@H](NCc3cncn3C2)C1=O. The van der Waals surface area contributed by atoms with E-state index < -0.39 is 0 Å². The predicted molar refractivity (Wildman–Crippen MR) is 126 cm³/mol. The van der Waals surface area contributed by atoms with E-state index >= 15 is 0 Å². The predicted octanol–water partition coefficient (Wildman–Crippen LogP) is 4.64. The fraction of sp³-hybridized carbons (Fsp3) is 0.192. The maximum absolute atomic E-state index is 13.3. The van der Waals surface area contributed by atoms with Gasteiger partial charge in [0, 0.05) is 31.2 Å². The molecule has 0 unspecified atom stereocenters. The maximum atomic E-state index is 13.3. The van der Waals surface area contributed by atoms with Crippen molar-refractivity contribution in [3.05, 3.63) is 89.8 Å². The minimum absolute atomic E-state index is 0.0764. The van der Waals surface area contributed by atoms with Crippen LogP contribution in [0.15, 0.2) is 67.1 Å². The molecule has 1 N–H and O–H groups in total. The Bertz CT molecular complexity index is 1430. The van der Waals surface area contributed by atoms with Crippen LogP contribution in [0.1, 0.15) is 17.7 Å². The summed E-state index contributed by atoms with van der Waals surface area (Å²) >= 11 is 0. The van der Waals surface area contributed by atoms with Crippen molar-refractivity contribution in [2.45, 2.75) is 25.6 Å². The smallest absolute Gasteiger partial charge is 0.244 e. The number of hydrogen-bond donors (Lipinski definition) is 1. The summed E-state index contributed by atoms with van der Waals surface area (Å²) in [6, 6.07) is 17.3. The molecule has 0 aliphatic carbocycles. The summed E-state index contributed by atoms with van der Waals surface area (Å²) in [6.45, 7) is 9.36. The molecule has 162 valence electrons. The average Bonchev–Trinajstić information content (AvgIpc) is 3.43. The summed E-state index contributed by atoms with van der Waals surface area (Å²) in [5, 5.41) is 5.42. The summed E-state index contributed by atoms with van der Waals surface area (Å²) < 4.78 is 8.27. The van der Waals surface area contributed by atoms with E-state index in [2.05, 4.69) is 15.1 Å². The van der Waals surface area contributed by atoms with Crippen LogP contribution in [0.5, 0.6) is 11.5 Å². The van der Waals surface area contributed by atoms with Gasteiger partial charge in [0.05, 0.1) is 30.3 Å². The van der Waals surface area contributed by atoms with Gasteiger partial charge in [-0.2, -0.15) is 0 Å². The quantitative estimate of drug-likeness (QED) is 0.409. The molecular weight excluding hydrogens is 414 g/mol. The fourth-order valence-corrected chi connectivity index (χ4v) is 4.66. The Morgan fingerprint density at radius 3 is 3.00 bits per heavy atom. The van der Waals surface area contributed by atoms with Crippen molar-refractivity contribution < 1.29 is 9.53 Å². The second-order valence-electron chi connectivity index (χ2n) is 8.40. The third kappa shape index (κ3) is 3.41. The number of anilines is 1. The van der Waals surface area contributed by atoms with Crippen molar-refractivity contribution in [2.24, 2.45) is 0 Å². The molecule has 1 atom stereocenters. The molecule has 2 aliphatic rings. The first-order valence-electron chi connectivity index (χ1n) is 10.9. The minimum atomic E-state index is -0.236. The first-order chi connectivity index (χ1) is 16.2. The van der Waals surface area contributed by atoms with Crippen molar-refractivity contribution in [2.75, 3.05) is 11.4 Å². The van der Waals surface area contributed by atoms with E-state index in [0.29, 0.717) is 36.8 Å². The van der Waals surface area contributed by atoms with Gasteiger partial charge in [-0.1, -0.05) is 30.3 Å². The zero-order chi connectivity index (χ0) is 22.4. The number of fused-ring (bicyclic) bond motifs is 7. The van der Waals surface area contributed by atoms with Crippen molar-refractivity contribution in [1.29, 1.82) is 0 Å². The Labute approximate surface area is 191 Å². The Balaban J connectivity index is 1.51. The van der Waals surface area contributed by atoms with Crippen LogP contribution in [0.4, 0.5) is 11.4 Å². The molecule has 0 spiro atoms. The van der Waals surface area contributed by atoms with Gasteiger partial charge < -0.3 is 19.5 Å². The van der Waals surface area contributed by atoms with E-state index in [-0.39, 0.29) is 11.9 Å². The van der Waals surface area contributed by atoms with Gasteiger partial charge in [0.1, 0.15) is 11.5 Å². The molecule has 4 aromatic rings. The van der Waals surface area contributed by atoms with E-state index in [0.717, 1.165) is 34.1 Å². The first kappa shape index (κ1) is 19.5. The van der Waals surface area contributed by atoms with Crippen LogP contribution in [-0.2, 0) is 17.9 Å². The van der Waals surface area contributed by atoms with E-state index in [4.69, 9.17) is 11.3 Å². The van der Waals surface area contributed by atoms with E-state index in [1.165, 1.54) is 0 Å². The molecule has 0 saturated carbocycles. The summed E-state index contributed by atoms with van der Waals surface area (Å²) in [7, 11) is 0. The molecule has 3 heterocycles. The lowest BCUT2D eigenvalue weighted by Gasteiger charge is -2.20. The number of nitrogens with zero attached hydrogens (tertiary/aromatic N) is 4. The lowest BCUT2D eigenvalue weighted by Crippen LogP contribution is -2.38. The van der Waals surface area contributed by atoms with Crippen LogP contribution in [0, 0.1) is 6.57 Å². The Hall–Kier alpha value is -4.15. The number of nitrogens with one attached hydrogen (secondary N) is 1. The van der Waals surface area contributed by atoms with Gasteiger partial charge in [-0.25, -0.2) is 9.83 Å². The average molecular weight is 435 g/mol. The number of aromatic nitrogens is 2. The molecule has 1 amide bonds. The number of amides is 1.